The van der Waals surface area contributed by atoms with Gasteiger partial charge in [0, 0.05) is 11.7 Å². The molecule has 2 atom stereocenters. The van der Waals surface area contributed by atoms with E-state index in [0.717, 1.165) is 24.9 Å². The van der Waals surface area contributed by atoms with Crippen molar-refractivity contribution in [2.45, 2.75) is 31.7 Å². The number of esters is 1. The molecule has 0 saturated heterocycles. The van der Waals surface area contributed by atoms with E-state index in [1.807, 2.05) is 30.3 Å². The van der Waals surface area contributed by atoms with Crippen LogP contribution in [0, 0.1) is 5.92 Å². The first-order valence-corrected chi connectivity index (χ1v) is 6.20. The molecule has 0 radical (unpaired) electrons. The van der Waals surface area contributed by atoms with E-state index in [1.54, 1.807) is 0 Å². The Labute approximate surface area is 102 Å². The van der Waals surface area contributed by atoms with Crippen molar-refractivity contribution < 1.29 is 9.53 Å². The zero-order chi connectivity index (χ0) is 12.1. The highest BCUT2D eigenvalue weighted by molar-refractivity contribution is 5.74. The average Bonchev–Trinajstić information content (AvgIpc) is 2.40. The molecule has 92 valence electrons. The third-order valence-electron chi connectivity index (χ3n) is 3.40. The number of carbonyl (C=O) groups excluding carboxylic acids is 1. The maximum atomic E-state index is 11.7. The quantitative estimate of drug-likeness (QED) is 0.816. The SMILES string of the molecule is COC(=O)[C@H]1CCCC[C@@H]1Nc1ccccc1. The van der Waals surface area contributed by atoms with Gasteiger partial charge in [0.2, 0.25) is 0 Å². The van der Waals surface area contributed by atoms with Gasteiger partial charge in [0.1, 0.15) is 0 Å². The molecule has 1 aromatic carbocycles. The second-order valence-electron chi connectivity index (χ2n) is 4.53. The minimum Gasteiger partial charge on any atom is -0.469 e. The first-order chi connectivity index (χ1) is 8.31. The number of para-hydroxylation sites is 1. The lowest BCUT2D eigenvalue weighted by atomic mass is 9.84. The number of carbonyl (C=O) groups is 1. The summed E-state index contributed by atoms with van der Waals surface area (Å²) >= 11 is 0. The number of nitrogens with one attached hydrogen (secondary N) is 1. The van der Waals surface area contributed by atoms with Gasteiger partial charge in [-0.2, -0.15) is 0 Å². The standard InChI is InChI=1S/C14H19NO2/c1-17-14(16)12-9-5-6-10-13(12)15-11-7-3-2-4-8-11/h2-4,7-8,12-13,15H,5-6,9-10H2,1H3/t12-,13-/m0/s1. The number of hydrogen-bond donors (Lipinski definition) is 1. The normalized spacial score (nSPS) is 24.1. The van der Waals surface area contributed by atoms with E-state index < -0.39 is 0 Å². The average molecular weight is 233 g/mol. The van der Waals surface area contributed by atoms with Crippen molar-refractivity contribution in [3.8, 4) is 0 Å². The Kier molecular flexibility index (Phi) is 4.02. The highest BCUT2D eigenvalue weighted by Gasteiger charge is 2.31. The molecule has 1 saturated carbocycles. The van der Waals surface area contributed by atoms with E-state index in [9.17, 15) is 4.79 Å². The molecule has 1 N–H and O–H groups in total. The topological polar surface area (TPSA) is 38.3 Å². The summed E-state index contributed by atoms with van der Waals surface area (Å²) in [5.74, 6) is -0.0907. The molecule has 3 heteroatoms. The Morgan fingerprint density at radius 1 is 1.24 bits per heavy atom. The largest absolute Gasteiger partial charge is 0.469 e. The molecule has 1 fully saturated rings. The van der Waals surface area contributed by atoms with Crippen LogP contribution in [-0.2, 0) is 9.53 Å². The number of rotatable bonds is 3. The van der Waals surface area contributed by atoms with E-state index in [-0.39, 0.29) is 17.9 Å². The highest BCUT2D eigenvalue weighted by Crippen LogP contribution is 2.28. The van der Waals surface area contributed by atoms with Gasteiger partial charge in [0.15, 0.2) is 0 Å². The summed E-state index contributed by atoms with van der Waals surface area (Å²) in [5.41, 5.74) is 1.08. The van der Waals surface area contributed by atoms with Gasteiger partial charge < -0.3 is 10.1 Å². The van der Waals surface area contributed by atoms with Crippen LogP contribution in [0.25, 0.3) is 0 Å². The summed E-state index contributed by atoms with van der Waals surface area (Å²) in [6, 6.07) is 10.3. The molecule has 0 aromatic heterocycles. The molecule has 0 amide bonds. The fourth-order valence-electron chi connectivity index (χ4n) is 2.49. The van der Waals surface area contributed by atoms with Crippen molar-refractivity contribution in [1.29, 1.82) is 0 Å². The van der Waals surface area contributed by atoms with Gasteiger partial charge in [-0.15, -0.1) is 0 Å². The molecule has 0 unspecified atom stereocenters. The van der Waals surface area contributed by atoms with Crippen LogP contribution in [0.4, 0.5) is 5.69 Å². The van der Waals surface area contributed by atoms with Crippen molar-refractivity contribution in [2.24, 2.45) is 5.92 Å². The predicted octanol–water partition coefficient (Wildman–Crippen LogP) is 2.83. The Hall–Kier alpha value is -1.51. The fraction of sp³-hybridized carbons (Fsp3) is 0.500. The highest BCUT2D eigenvalue weighted by atomic mass is 16.5. The van der Waals surface area contributed by atoms with Gasteiger partial charge in [-0.05, 0) is 25.0 Å². The van der Waals surface area contributed by atoms with E-state index in [4.69, 9.17) is 4.74 Å². The first-order valence-electron chi connectivity index (χ1n) is 6.20. The maximum absolute atomic E-state index is 11.7. The Balaban J connectivity index is 2.04. The van der Waals surface area contributed by atoms with E-state index >= 15 is 0 Å². The summed E-state index contributed by atoms with van der Waals surface area (Å²) in [6.45, 7) is 0. The molecular weight excluding hydrogens is 214 g/mol. The molecular formula is C14H19NO2. The van der Waals surface area contributed by atoms with Crippen LogP contribution in [0.3, 0.4) is 0 Å². The number of ether oxygens (including phenoxy) is 1. The van der Waals surface area contributed by atoms with Crippen molar-refractivity contribution in [3.63, 3.8) is 0 Å². The number of hydrogen-bond acceptors (Lipinski definition) is 3. The summed E-state index contributed by atoms with van der Waals surface area (Å²) in [4.78, 5) is 11.7. The zero-order valence-corrected chi connectivity index (χ0v) is 10.2. The van der Waals surface area contributed by atoms with Gasteiger partial charge in [-0.1, -0.05) is 31.0 Å². The van der Waals surface area contributed by atoms with E-state index in [1.165, 1.54) is 13.5 Å². The predicted molar refractivity (Wildman–Crippen MR) is 67.8 cm³/mol. The second-order valence-corrected chi connectivity index (χ2v) is 4.53. The minimum atomic E-state index is -0.0851. The van der Waals surface area contributed by atoms with Gasteiger partial charge in [-0.25, -0.2) is 0 Å². The van der Waals surface area contributed by atoms with E-state index in [2.05, 4.69) is 5.32 Å². The van der Waals surface area contributed by atoms with Crippen LogP contribution in [-0.4, -0.2) is 19.1 Å². The maximum Gasteiger partial charge on any atom is 0.310 e. The summed E-state index contributed by atoms with van der Waals surface area (Å²) < 4.78 is 4.88. The molecule has 17 heavy (non-hydrogen) atoms. The van der Waals surface area contributed by atoms with Crippen molar-refractivity contribution in [2.75, 3.05) is 12.4 Å². The van der Waals surface area contributed by atoms with E-state index in [0.29, 0.717) is 0 Å². The van der Waals surface area contributed by atoms with Crippen LogP contribution in [0.15, 0.2) is 30.3 Å². The Morgan fingerprint density at radius 2 is 1.94 bits per heavy atom. The molecule has 0 bridgehead atoms. The Bertz CT molecular complexity index is 364. The van der Waals surface area contributed by atoms with Crippen LogP contribution in [0.2, 0.25) is 0 Å². The van der Waals surface area contributed by atoms with Crippen molar-refractivity contribution in [1.82, 2.24) is 0 Å². The smallest absolute Gasteiger partial charge is 0.310 e. The van der Waals surface area contributed by atoms with Crippen LogP contribution < -0.4 is 5.32 Å². The van der Waals surface area contributed by atoms with Crippen LogP contribution >= 0.6 is 0 Å². The Morgan fingerprint density at radius 3 is 2.65 bits per heavy atom. The summed E-state index contributed by atoms with van der Waals surface area (Å²) in [5, 5.41) is 3.45. The zero-order valence-electron chi connectivity index (χ0n) is 10.2. The lowest BCUT2D eigenvalue weighted by Crippen LogP contribution is -2.37. The lowest BCUT2D eigenvalue weighted by Gasteiger charge is -2.30. The lowest BCUT2D eigenvalue weighted by molar-refractivity contribution is -0.146. The number of anilines is 1. The third kappa shape index (κ3) is 2.99. The molecule has 0 aliphatic heterocycles. The number of methoxy groups -OCH3 is 1. The van der Waals surface area contributed by atoms with Gasteiger partial charge in [0.25, 0.3) is 0 Å². The summed E-state index contributed by atoms with van der Waals surface area (Å²) in [7, 11) is 1.47. The minimum absolute atomic E-state index is 0.00560. The van der Waals surface area contributed by atoms with Crippen molar-refractivity contribution >= 4 is 11.7 Å². The molecule has 2 rings (SSSR count). The van der Waals surface area contributed by atoms with Gasteiger partial charge >= 0.3 is 5.97 Å². The van der Waals surface area contributed by atoms with Crippen LogP contribution in [0.1, 0.15) is 25.7 Å². The fourth-order valence-corrected chi connectivity index (χ4v) is 2.49. The molecule has 3 nitrogen and oxygen atoms in total. The summed E-state index contributed by atoms with van der Waals surface area (Å²) in [6.07, 6.45) is 4.26. The molecule has 1 aliphatic rings. The molecule has 1 aliphatic carbocycles. The van der Waals surface area contributed by atoms with Gasteiger partial charge in [0.05, 0.1) is 13.0 Å². The van der Waals surface area contributed by atoms with Gasteiger partial charge in [-0.3, -0.25) is 4.79 Å². The monoisotopic (exact) mass is 233 g/mol. The molecule has 0 spiro atoms. The third-order valence-corrected chi connectivity index (χ3v) is 3.40. The van der Waals surface area contributed by atoms with Crippen molar-refractivity contribution in [3.05, 3.63) is 30.3 Å². The molecule has 1 aromatic rings. The molecule has 0 heterocycles. The number of benzene rings is 1. The second kappa shape index (κ2) is 5.71. The van der Waals surface area contributed by atoms with Crippen LogP contribution in [0.5, 0.6) is 0 Å². The first kappa shape index (κ1) is 12.0.